The Labute approximate surface area is 120 Å². The normalized spacial score (nSPS) is 10.2. The van der Waals surface area contributed by atoms with Gasteiger partial charge in [-0.2, -0.15) is 0 Å². The first-order valence-corrected chi connectivity index (χ1v) is 6.84. The maximum absolute atomic E-state index is 11.8. The molecule has 0 aliphatic carbocycles. The van der Waals surface area contributed by atoms with Crippen LogP contribution in [0.4, 0.5) is 5.82 Å². The third-order valence-corrected chi connectivity index (χ3v) is 3.54. The Hall–Kier alpha value is -2.28. The van der Waals surface area contributed by atoms with Crippen LogP contribution < -0.4 is 11.1 Å². The largest absolute Gasteiger partial charge is 0.384 e. The Morgan fingerprint density at radius 2 is 2.20 bits per heavy atom. The highest BCUT2D eigenvalue weighted by molar-refractivity contribution is 8.00. The maximum Gasteiger partial charge on any atom is 0.274 e. The summed E-state index contributed by atoms with van der Waals surface area (Å²) in [6.45, 7) is 0. The van der Waals surface area contributed by atoms with Crippen molar-refractivity contribution in [2.75, 3.05) is 11.5 Å². The molecule has 2 rings (SSSR count). The number of anilines is 1. The summed E-state index contributed by atoms with van der Waals surface area (Å²) in [5.74, 6) is -0.184. The summed E-state index contributed by atoms with van der Waals surface area (Å²) in [5.41, 5.74) is 5.91. The van der Waals surface area contributed by atoms with E-state index in [2.05, 4.69) is 10.3 Å². The number of carbonyl (C=O) groups is 2. The Bertz CT molecular complexity index is 622. The summed E-state index contributed by atoms with van der Waals surface area (Å²) in [4.78, 5) is 28.2. The topological polar surface area (TPSA) is 90.0 Å². The standard InChI is InChI=1S/C13H14N4O2S/c1-17-6-2-3-10(17)13(19)16-12(18)8-20-9-4-5-11(14)15-7-9/h2-7H,8H2,1H3,(H2,14,15)(H,16,18,19). The van der Waals surface area contributed by atoms with Crippen LogP contribution in [0.15, 0.2) is 41.6 Å². The van der Waals surface area contributed by atoms with Gasteiger partial charge in [-0.25, -0.2) is 4.98 Å². The van der Waals surface area contributed by atoms with Crippen LogP contribution in [0.5, 0.6) is 0 Å². The lowest BCUT2D eigenvalue weighted by molar-refractivity contribution is -0.117. The Balaban J connectivity index is 1.85. The number of hydrogen-bond donors (Lipinski definition) is 2. The van der Waals surface area contributed by atoms with Crippen molar-refractivity contribution < 1.29 is 9.59 Å². The fourth-order valence-electron chi connectivity index (χ4n) is 1.55. The minimum Gasteiger partial charge on any atom is -0.384 e. The molecule has 0 saturated carbocycles. The van der Waals surface area contributed by atoms with Gasteiger partial charge in [-0.05, 0) is 24.3 Å². The highest BCUT2D eigenvalue weighted by Gasteiger charge is 2.12. The molecule has 0 radical (unpaired) electrons. The number of amides is 2. The summed E-state index contributed by atoms with van der Waals surface area (Å²) >= 11 is 1.29. The van der Waals surface area contributed by atoms with Crippen molar-refractivity contribution in [3.05, 3.63) is 42.4 Å². The second-order valence-electron chi connectivity index (χ2n) is 4.09. The van der Waals surface area contributed by atoms with Gasteiger partial charge in [0.15, 0.2) is 0 Å². The molecule has 0 unspecified atom stereocenters. The van der Waals surface area contributed by atoms with Crippen molar-refractivity contribution >= 4 is 29.4 Å². The molecule has 2 amide bonds. The minimum absolute atomic E-state index is 0.141. The van der Waals surface area contributed by atoms with Gasteiger partial charge in [-0.3, -0.25) is 14.9 Å². The van der Waals surface area contributed by atoms with E-state index in [4.69, 9.17) is 5.73 Å². The number of nitrogens with two attached hydrogens (primary N) is 1. The Kier molecular flexibility index (Phi) is 4.41. The average molecular weight is 290 g/mol. The van der Waals surface area contributed by atoms with Crippen LogP contribution in [0.2, 0.25) is 0 Å². The molecule has 0 fully saturated rings. The zero-order chi connectivity index (χ0) is 14.5. The number of nitrogen functional groups attached to an aromatic ring is 1. The van der Waals surface area contributed by atoms with Gasteiger partial charge >= 0.3 is 0 Å². The minimum atomic E-state index is -0.404. The number of carbonyl (C=O) groups excluding carboxylic acids is 2. The van der Waals surface area contributed by atoms with Crippen molar-refractivity contribution in [1.82, 2.24) is 14.9 Å². The van der Waals surface area contributed by atoms with Crippen molar-refractivity contribution in [3.63, 3.8) is 0 Å². The van der Waals surface area contributed by atoms with Crippen molar-refractivity contribution in [2.24, 2.45) is 7.05 Å². The zero-order valence-corrected chi connectivity index (χ0v) is 11.7. The van der Waals surface area contributed by atoms with Gasteiger partial charge in [-0.1, -0.05) is 0 Å². The quantitative estimate of drug-likeness (QED) is 0.821. The lowest BCUT2D eigenvalue weighted by Crippen LogP contribution is -2.32. The van der Waals surface area contributed by atoms with E-state index in [0.29, 0.717) is 11.5 Å². The van der Waals surface area contributed by atoms with E-state index < -0.39 is 5.91 Å². The molecule has 2 aromatic heterocycles. The lowest BCUT2D eigenvalue weighted by Gasteiger charge is -2.05. The molecule has 0 aliphatic heterocycles. The average Bonchev–Trinajstić information content (AvgIpc) is 2.84. The number of rotatable bonds is 4. The van der Waals surface area contributed by atoms with E-state index in [1.54, 1.807) is 48.3 Å². The van der Waals surface area contributed by atoms with Crippen LogP contribution in [0.3, 0.4) is 0 Å². The zero-order valence-electron chi connectivity index (χ0n) is 10.9. The first-order chi connectivity index (χ1) is 9.56. The highest BCUT2D eigenvalue weighted by atomic mass is 32.2. The summed E-state index contributed by atoms with van der Waals surface area (Å²) in [6, 6.07) is 6.84. The fraction of sp³-hybridized carbons (Fsp3) is 0.154. The monoisotopic (exact) mass is 290 g/mol. The molecule has 2 heterocycles. The number of pyridine rings is 1. The number of nitrogens with one attached hydrogen (secondary N) is 1. The summed E-state index contributed by atoms with van der Waals surface area (Å²) in [6.07, 6.45) is 3.33. The van der Waals surface area contributed by atoms with Gasteiger partial charge in [0.1, 0.15) is 11.5 Å². The Morgan fingerprint density at radius 3 is 2.80 bits per heavy atom. The van der Waals surface area contributed by atoms with Gasteiger partial charge < -0.3 is 10.3 Å². The molecule has 0 saturated heterocycles. The van der Waals surface area contributed by atoms with Gasteiger partial charge in [0.25, 0.3) is 5.91 Å². The molecule has 6 nitrogen and oxygen atoms in total. The molecular weight excluding hydrogens is 276 g/mol. The van der Waals surface area contributed by atoms with Gasteiger partial charge in [0, 0.05) is 24.3 Å². The van der Waals surface area contributed by atoms with Crippen LogP contribution in [0.25, 0.3) is 0 Å². The number of nitrogens with zero attached hydrogens (tertiary/aromatic N) is 2. The predicted octanol–water partition coefficient (Wildman–Crippen LogP) is 1.05. The molecule has 2 aromatic rings. The van der Waals surface area contributed by atoms with Crippen molar-refractivity contribution in [3.8, 4) is 0 Å². The van der Waals surface area contributed by atoms with E-state index >= 15 is 0 Å². The molecule has 0 spiro atoms. The summed E-state index contributed by atoms with van der Waals surface area (Å²) in [5, 5.41) is 2.34. The van der Waals surface area contributed by atoms with Crippen molar-refractivity contribution in [2.45, 2.75) is 4.90 Å². The summed E-state index contributed by atoms with van der Waals surface area (Å²) < 4.78 is 1.65. The smallest absolute Gasteiger partial charge is 0.274 e. The number of aromatic nitrogens is 2. The molecule has 104 valence electrons. The van der Waals surface area contributed by atoms with Gasteiger partial charge in [-0.15, -0.1) is 11.8 Å². The number of thioether (sulfide) groups is 1. The molecule has 0 aromatic carbocycles. The van der Waals surface area contributed by atoms with E-state index in [1.165, 1.54) is 11.8 Å². The molecule has 0 atom stereocenters. The van der Waals surface area contributed by atoms with Crippen LogP contribution in [0.1, 0.15) is 10.5 Å². The molecule has 0 bridgehead atoms. The predicted molar refractivity (Wildman–Crippen MR) is 77.3 cm³/mol. The maximum atomic E-state index is 11.8. The van der Waals surface area contributed by atoms with Gasteiger partial charge in [0.05, 0.1) is 5.75 Å². The molecule has 20 heavy (non-hydrogen) atoms. The second-order valence-corrected chi connectivity index (χ2v) is 5.14. The first-order valence-electron chi connectivity index (χ1n) is 5.86. The third kappa shape index (κ3) is 3.61. The first kappa shape index (κ1) is 14.1. The fourth-order valence-corrected chi connectivity index (χ4v) is 2.21. The van der Waals surface area contributed by atoms with E-state index in [9.17, 15) is 9.59 Å². The van der Waals surface area contributed by atoms with E-state index in [1.807, 2.05) is 0 Å². The SMILES string of the molecule is Cn1cccc1C(=O)NC(=O)CSc1ccc(N)nc1. The van der Waals surface area contributed by atoms with Crippen LogP contribution in [-0.2, 0) is 11.8 Å². The molecule has 7 heteroatoms. The van der Waals surface area contributed by atoms with Crippen LogP contribution >= 0.6 is 11.8 Å². The Morgan fingerprint density at radius 1 is 1.40 bits per heavy atom. The third-order valence-electron chi connectivity index (χ3n) is 2.56. The second kappa shape index (κ2) is 6.25. The lowest BCUT2D eigenvalue weighted by atomic mass is 10.4. The highest BCUT2D eigenvalue weighted by Crippen LogP contribution is 2.16. The van der Waals surface area contributed by atoms with Crippen molar-refractivity contribution in [1.29, 1.82) is 0 Å². The van der Waals surface area contributed by atoms with Crippen LogP contribution in [-0.4, -0.2) is 27.1 Å². The number of aryl methyl sites for hydroxylation is 1. The number of imide groups is 1. The number of hydrogen-bond acceptors (Lipinski definition) is 5. The molecular formula is C13H14N4O2S. The summed E-state index contributed by atoms with van der Waals surface area (Å²) in [7, 11) is 1.74. The van der Waals surface area contributed by atoms with E-state index in [0.717, 1.165) is 4.90 Å². The molecule has 3 N–H and O–H groups in total. The molecule has 0 aliphatic rings. The van der Waals surface area contributed by atoms with Crippen LogP contribution in [0, 0.1) is 0 Å². The van der Waals surface area contributed by atoms with E-state index in [-0.39, 0.29) is 11.7 Å². The van der Waals surface area contributed by atoms with Gasteiger partial charge in [0.2, 0.25) is 5.91 Å².